The van der Waals surface area contributed by atoms with Crippen LogP contribution in [0.15, 0.2) is 57.7 Å². The number of fused-ring (bicyclic) bond motifs is 1. The van der Waals surface area contributed by atoms with Gasteiger partial charge in [-0.05, 0) is 37.1 Å². The van der Waals surface area contributed by atoms with Gasteiger partial charge in [-0.2, -0.15) is 0 Å². The highest BCUT2D eigenvalue weighted by Crippen LogP contribution is 2.33. The predicted molar refractivity (Wildman–Crippen MR) is 94.8 cm³/mol. The maximum Gasteiger partial charge on any atom is 0.346 e. The highest BCUT2D eigenvalue weighted by Gasteiger charge is 2.18. The van der Waals surface area contributed by atoms with Crippen molar-refractivity contribution in [2.45, 2.75) is 20.0 Å². The Kier molecular flexibility index (Phi) is 4.57. The van der Waals surface area contributed by atoms with Crippen LogP contribution in [-0.4, -0.2) is 19.2 Å². The lowest BCUT2D eigenvalue weighted by molar-refractivity contribution is -0.147. The van der Waals surface area contributed by atoms with Crippen molar-refractivity contribution < 1.29 is 18.7 Å². The lowest BCUT2D eigenvalue weighted by Crippen LogP contribution is -2.25. The van der Waals surface area contributed by atoms with Crippen molar-refractivity contribution in [3.8, 4) is 16.9 Å². The minimum absolute atomic E-state index is 0.437. The second-order valence-corrected chi connectivity index (χ2v) is 5.69. The molecular formula is C20H18O5. The van der Waals surface area contributed by atoms with Gasteiger partial charge in [0.15, 0.2) is 6.10 Å². The molecule has 0 spiro atoms. The van der Waals surface area contributed by atoms with Gasteiger partial charge in [-0.1, -0.05) is 30.3 Å². The van der Waals surface area contributed by atoms with Crippen LogP contribution in [0, 0.1) is 6.92 Å². The van der Waals surface area contributed by atoms with Crippen LogP contribution in [0.1, 0.15) is 12.5 Å². The Morgan fingerprint density at radius 2 is 1.84 bits per heavy atom. The number of aryl methyl sites for hydroxylation is 1. The van der Waals surface area contributed by atoms with Crippen LogP contribution in [-0.2, 0) is 9.53 Å². The molecule has 2 aromatic carbocycles. The van der Waals surface area contributed by atoms with Crippen LogP contribution < -0.4 is 10.4 Å². The number of methoxy groups -OCH3 is 1. The first-order chi connectivity index (χ1) is 12.0. The van der Waals surface area contributed by atoms with Gasteiger partial charge in [0.2, 0.25) is 0 Å². The minimum Gasteiger partial charge on any atom is -0.479 e. The summed E-state index contributed by atoms with van der Waals surface area (Å²) < 4.78 is 15.7. The fourth-order valence-electron chi connectivity index (χ4n) is 2.73. The van der Waals surface area contributed by atoms with E-state index in [1.165, 1.54) is 13.2 Å². The van der Waals surface area contributed by atoms with Gasteiger partial charge in [-0.3, -0.25) is 0 Å². The highest BCUT2D eigenvalue weighted by atomic mass is 16.6. The van der Waals surface area contributed by atoms with Gasteiger partial charge in [0.05, 0.1) is 7.11 Å². The second kappa shape index (κ2) is 6.81. The molecule has 5 nitrogen and oxygen atoms in total. The van der Waals surface area contributed by atoms with Gasteiger partial charge in [-0.25, -0.2) is 9.59 Å². The molecule has 0 aliphatic carbocycles. The van der Waals surface area contributed by atoms with Crippen molar-refractivity contribution in [1.29, 1.82) is 0 Å². The van der Waals surface area contributed by atoms with Gasteiger partial charge in [0.25, 0.3) is 0 Å². The van der Waals surface area contributed by atoms with Crippen LogP contribution in [0.4, 0.5) is 0 Å². The molecule has 0 amide bonds. The van der Waals surface area contributed by atoms with Crippen LogP contribution in [0.3, 0.4) is 0 Å². The zero-order chi connectivity index (χ0) is 18.0. The summed E-state index contributed by atoms with van der Waals surface area (Å²) in [5, 5.41) is 0.807. The Morgan fingerprint density at radius 1 is 1.12 bits per heavy atom. The molecule has 0 saturated carbocycles. The summed E-state index contributed by atoms with van der Waals surface area (Å²) in [6.07, 6.45) is -0.759. The molecular weight excluding hydrogens is 320 g/mol. The van der Waals surface area contributed by atoms with Gasteiger partial charge >= 0.3 is 11.6 Å². The largest absolute Gasteiger partial charge is 0.479 e. The lowest BCUT2D eigenvalue weighted by Gasteiger charge is -2.16. The van der Waals surface area contributed by atoms with E-state index < -0.39 is 17.7 Å². The molecule has 0 aliphatic heterocycles. The van der Waals surface area contributed by atoms with E-state index in [0.717, 1.165) is 16.5 Å². The number of hydrogen-bond acceptors (Lipinski definition) is 5. The summed E-state index contributed by atoms with van der Waals surface area (Å²) >= 11 is 0. The van der Waals surface area contributed by atoms with Crippen LogP contribution in [0.2, 0.25) is 0 Å². The normalized spacial score (nSPS) is 12.0. The SMILES string of the molecule is COC(=O)[C@H](C)Oc1ccc2c(-c3ccccc3)cc(=O)oc2c1C. The van der Waals surface area contributed by atoms with E-state index in [-0.39, 0.29) is 0 Å². The van der Waals surface area contributed by atoms with Crippen LogP contribution in [0.25, 0.3) is 22.1 Å². The van der Waals surface area contributed by atoms with E-state index in [0.29, 0.717) is 16.9 Å². The van der Waals surface area contributed by atoms with Gasteiger partial charge in [-0.15, -0.1) is 0 Å². The molecule has 0 saturated heterocycles. The van der Waals surface area contributed by atoms with Gasteiger partial charge in [0.1, 0.15) is 11.3 Å². The highest BCUT2D eigenvalue weighted by molar-refractivity contribution is 5.95. The predicted octanol–water partition coefficient (Wildman–Crippen LogP) is 3.71. The number of benzene rings is 2. The zero-order valence-corrected chi connectivity index (χ0v) is 14.2. The van der Waals surface area contributed by atoms with E-state index in [4.69, 9.17) is 9.15 Å². The maximum absolute atomic E-state index is 12.0. The molecule has 128 valence electrons. The van der Waals surface area contributed by atoms with E-state index in [1.807, 2.05) is 36.4 Å². The molecule has 3 rings (SSSR count). The average Bonchev–Trinajstić information content (AvgIpc) is 2.63. The molecule has 1 atom stereocenters. The molecule has 0 aliphatic rings. The first kappa shape index (κ1) is 16.8. The summed E-state index contributed by atoms with van der Waals surface area (Å²) in [6.45, 7) is 3.39. The minimum atomic E-state index is -0.759. The topological polar surface area (TPSA) is 65.7 Å². The maximum atomic E-state index is 12.0. The Morgan fingerprint density at radius 3 is 2.52 bits per heavy atom. The fourth-order valence-corrected chi connectivity index (χ4v) is 2.73. The summed E-state index contributed by atoms with van der Waals surface area (Å²) in [5.41, 5.74) is 2.38. The molecule has 0 unspecified atom stereocenters. The van der Waals surface area contributed by atoms with Gasteiger partial charge < -0.3 is 13.9 Å². The summed E-state index contributed by atoms with van der Waals surface area (Å²) in [7, 11) is 1.31. The zero-order valence-electron chi connectivity index (χ0n) is 14.2. The molecule has 1 heterocycles. The third kappa shape index (κ3) is 3.26. The first-order valence-electron chi connectivity index (χ1n) is 7.88. The van der Waals surface area contributed by atoms with E-state index in [9.17, 15) is 9.59 Å². The molecule has 0 bridgehead atoms. The van der Waals surface area contributed by atoms with E-state index in [1.54, 1.807) is 19.9 Å². The number of esters is 1. The molecule has 25 heavy (non-hydrogen) atoms. The van der Waals surface area contributed by atoms with Crippen LogP contribution in [0.5, 0.6) is 5.75 Å². The quantitative estimate of drug-likeness (QED) is 0.536. The second-order valence-electron chi connectivity index (χ2n) is 5.69. The molecule has 0 fully saturated rings. The third-order valence-corrected chi connectivity index (χ3v) is 4.03. The number of ether oxygens (including phenoxy) is 2. The number of hydrogen-bond donors (Lipinski definition) is 0. The summed E-state index contributed by atoms with van der Waals surface area (Å²) in [6, 6.07) is 14.7. The fraction of sp³-hybridized carbons (Fsp3) is 0.200. The molecule has 0 radical (unpaired) electrons. The van der Waals surface area contributed by atoms with Gasteiger partial charge in [0, 0.05) is 17.0 Å². The molecule has 5 heteroatoms. The third-order valence-electron chi connectivity index (χ3n) is 4.03. The van der Waals surface area contributed by atoms with Crippen molar-refractivity contribution >= 4 is 16.9 Å². The van der Waals surface area contributed by atoms with Crippen molar-refractivity contribution in [3.05, 3.63) is 64.5 Å². The molecule has 0 N–H and O–H groups in total. The summed E-state index contributed by atoms with van der Waals surface area (Å²) in [4.78, 5) is 23.6. The smallest absolute Gasteiger partial charge is 0.346 e. The Balaban J connectivity index is 2.14. The number of carbonyl (C=O) groups excluding carboxylic acids is 1. The van der Waals surface area contributed by atoms with Crippen molar-refractivity contribution in [2.24, 2.45) is 0 Å². The van der Waals surface area contributed by atoms with Crippen LogP contribution >= 0.6 is 0 Å². The van der Waals surface area contributed by atoms with Crippen molar-refractivity contribution in [3.63, 3.8) is 0 Å². The van der Waals surface area contributed by atoms with E-state index in [2.05, 4.69) is 4.74 Å². The molecule has 3 aromatic rings. The monoisotopic (exact) mass is 338 g/mol. The summed E-state index contributed by atoms with van der Waals surface area (Å²) in [5.74, 6) is -0.00209. The Labute approximate surface area is 144 Å². The lowest BCUT2D eigenvalue weighted by atomic mass is 10.00. The number of rotatable bonds is 4. The average molecular weight is 338 g/mol. The number of carbonyl (C=O) groups is 1. The van der Waals surface area contributed by atoms with E-state index >= 15 is 0 Å². The Hall–Kier alpha value is -3.08. The van der Waals surface area contributed by atoms with Crippen molar-refractivity contribution in [2.75, 3.05) is 7.11 Å². The standard InChI is InChI=1S/C20H18O5/c1-12-17(24-13(2)20(22)23-3)10-9-15-16(11-18(21)25-19(12)15)14-7-5-4-6-8-14/h4-11,13H,1-3H3/t13-/m0/s1. The first-order valence-corrected chi connectivity index (χ1v) is 7.88. The molecule has 1 aromatic heterocycles. The Bertz CT molecular complexity index is 973. The van der Waals surface area contributed by atoms with Crippen molar-refractivity contribution in [1.82, 2.24) is 0 Å².